The summed E-state index contributed by atoms with van der Waals surface area (Å²) in [5.74, 6) is 0. The second kappa shape index (κ2) is 6.36. The molecule has 0 saturated heterocycles. The van der Waals surface area contributed by atoms with Gasteiger partial charge in [0.2, 0.25) is 0 Å². The first-order valence-electron chi connectivity index (χ1n) is 7.33. The highest BCUT2D eigenvalue weighted by atomic mass is 16.3. The Hall–Kier alpha value is -0.120. The second-order valence-electron chi connectivity index (χ2n) is 7.55. The molecule has 0 aromatic rings. The molecule has 0 spiro atoms. The summed E-state index contributed by atoms with van der Waals surface area (Å²) in [5, 5.41) is 12.8. The molecule has 1 aliphatic carbocycles. The summed E-state index contributed by atoms with van der Waals surface area (Å²) in [6.07, 6.45) is 3.97. The summed E-state index contributed by atoms with van der Waals surface area (Å²) in [7, 11) is 0. The molecule has 0 radical (unpaired) electrons. The standard InChI is InChI=1S/C15H32N2O/c1-14(2,3)16-11-15(4,5)12-17(9-10-18)13-7-6-8-13/h13,16,18H,6-12H2,1-5H3. The van der Waals surface area contributed by atoms with Crippen LogP contribution in [0.25, 0.3) is 0 Å². The molecule has 0 atom stereocenters. The SMILES string of the molecule is CC(C)(CNC(C)(C)C)CN(CCO)C1CCC1. The largest absolute Gasteiger partial charge is 0.395 e. The van der Waals surface area contributed by atoms with E-state index in [1.807, 2.05) is 0 Å². The number of aliphatic hydroxyl groups is 1. The average Bonchev–Trinajstić information content (AvgIpc) is 2.11. The zero-order valence-corrected chi connectivity index (χ0v) is 12.9. The van der Waals surface area contributed by atoms with E-state index in [0.29, 0.717) is 6.04 Å². The van der Waals surface area contributed by atoms with Crippen molar-refractivity contribution in [1.82, 2.24) is 10.2 Å². The molecule has 0 aromatic carbocycles. The zero-order valence-electron chi connectivity index (χ0n) is 12.9. The number of aliphatic hydroxyl groups excluding tert-OH is 1. The van der Waals surface area contributed by atoms with E-state index in [2.05, 4.69) is 44.8 Å². The van der Waals surface area contributed by atoms with Crippen LogP contribution < -0.4 is 5.32 Å². The fourth-order valence-electron chi connectivity index (χ4n) is 2.38. The Morgan fingerprint density at radius 3 is 2.17 bits per heavy atom. The van der Waals surface area contributed by atoms with Crippen molar-refractivity contribution >= 4 is 0 Å². The molecule has 3 nitrogen and oxygen atoms in total. The van der Waals surface area contributed by atoms with Crippen LogP contribution in [0.15, 0.2) is 0 Å². The average molecular weight is 256 g/mol. The Morgan fingerprint density at radius 1 is 1.17 bits per heavy atom. The quantitative estimate of drug-likeness (QED) is 0.733. The van der Waals surface area contributed by atoms with Gasteiger partial charge in [-0.3, -0.25) is 4.90 Å². The van der Waals surface area contributed by atoms with Crippen LogP contribution in [0, 0.1) is 5.41 Å². The predicted molar refractivity (Wildman–Crippen MR) is 77.8 cm³/mol. The van der Waals surface area contributed by atoms with Crippen LogP contribution in [0.5, 0.6) is 0 Å². The Labute approximate surface area is 113 Å². The van der Waals surface area contributed by atoms with Gasteiger partial charge < -0.3 is 10.4 Å². The predicted octanol–water partition coefficient (Wildman–Crippen LogP) is 2.25. The Bertz CT molecular complexity index is 241. The first-order chi connectivity index (χ1) is 8.23. The molecule has 1 fully saturated rings. The lowest BCUT2D eigenvalue weighted by Crippen LogP contribution is -2.50. The van der Waals surface area contributed by atoms with Gasteiger partial charge in [-0.15, -0.1) is 0 Å². The van der Waals surface area contributed by atoms with E-state index in [1.165, 1.54) is 19.3 Å². The highest BCUT2D eigenvalue weighted by Gasteiger charge is 2.30. The molecule has 2 N–H and O–H groups in total. The fraction of sp³-hybridized carbons (Fsp3) is 1.00. The first kappa shape index (κ1) is 15.9. The second-order valence-corrected chi connectivity index (χ2v) is 7.55. The van der Waals surface area contributed by atoms with E-state index in [0.717, 1.165) is 19.6 Å². The third-order valence-corrected chi connectivity index (χ3v) is 3.71. The lowest BCUT2D eigenvalue weighted by Gasteiger charge is -2.42. The molecule has 18 heavy (non-hydrogen) atoms. The summed E-state index contributed by atoms with van der Waals surface area (Å²) in [6.45, 7) is 14.4. The highest BCUT2D eigenvalue weighted by Crippen LogP contribution is 2.28. The van der Waals surface area contributed by atoms with Gasteiger partial charge in [0.05, 0.1) is 6.61 Å². The monoisotopic (exact) mass is 256 g/mol. The fourth-order valence-corrected chi connectivity index (χ4v) is 2.38. The van der Waals surface area contributed by atoms with Gasteiger partial charge in [0, 0.05) is 31.2 Å². The molecule has 1 saturated carbocycles. The highest BCUT2D eigenvalue weighted by molar-refractivity contribution is 4.86. The molecule has 0 aliphatic heterocycles. The van der Waals surface area contributed by atoms with Gasteiger partial charge in [-0.2, -0.15) is 0 Å². The summed E-state index contributed by atoms with van der Waals surface area (Å²) >= 11 is 0. The van der Waals surface area contributed by atoms with Crippen molar-refractivity contribution in [2.75, 3.05) is 26.2 Å². The summed E-state index contributed by atoms with van der Waals surface area (Å²) in [5.41, 5.74) is 0.424. The van der Waals surface area contributed by atoms with Crippen molar-refractivity contribution in [1.29, 1.82) is 0 Å². The van der Waals surface area contributed by atoms with Gasteiger partial charge in [0.15, 0.2) is 0 Å². The minimum absolute atomic E-state index is 0.176. The van der Waals surface area contributed by atoms with Crippen molar-refractivity contribution in [3.8, 4) is 0 Å². The van der Waals surface area contributed by atoms with Crippen LogP contribution in [0.4, 0.5) is 0 Å². The zero-order chi connectivity index (χ0) is 13.8. The van der Waals surface area contributed by atoms with Crippen molar-refractivity contribution in [3.63, 3.8) is 0 Å². The van der Waals surface area contributed by atoms with E-state index in [4.69, 9.17) is 0 Å². The summed E-state index contributed by atoms with van der Waals surface area (Å²) in [6, 6.07) is 0.714. The first-order valence-corrected chi connectivity index (χ1v) is 7.33. The van der Waals surface area contributed by atoms with Crippen LogP contribution in [0.3, 0.4) is 0 Å². The Kier molecular flexibility index (Phi) is 5.63. The molecule has 0 aromatic heterocycles. The van der Waals surface area contributed by atoms with Crippen LogP contribution in [0.1, 0.15) is 53.9 Å². The van der Waals surface area contributed by atoms with E-state index < -0.39 is 0 Å². The van der Waals surface area contributed by atoms with Crippen LogP contribution in [-0.4, -0.2) is 47.8 Å². The Morgan fingerprint density at radius 2 is 1.78 bits per heavy atom. The number of nitrogens with zero attached hydrogens (tertiary/aromatic N) is 1. The van der Waals surface area contributed by atoms with Crippen molar-refractivity contribution in [3.05, 3.63) is 0 Å². The van der Waals surface area contributed by atoms with E-state index in [9.17, 15) is 5.11 Å². The third kappa shape index (κ3) is 5.68. The maximum atomic E-state index is 9.20. The van der Waals surface area contributed by atoms with Crippen molar-refractivity contribution in [2.45, 2.75) is 65.5 Å². The van der Waals surface area contributed by atoms with Gasteiger partial charge in [-0.1, -0.05) is 20.3 Å². The van der Waals surface area contributed by atoms with Gasteiger partial charge in [0.25, 0.3) is 0 Å². The molecule has 0 heterocycles. The number of rotatable bonds is 7. The molecule has 0 bridgehead atoms. The lowest BCUT2D eigenvalue weighted by molar-refractivity contribution is 0.0621. The molecule has 3 heteroatoms. The maximum absolute atomic E-state index is 9.20. The third-order valence-electron chi connectivity index (χ3n) is 3.71. The molecular formula is C15H32N2O. The molecule has 0 unspecified atom stereocenters. The van der Waals surface area contributed by atoms with Crippen LogP contribution in [0.2, 0.25) is 0 Å². The van der Waals surface area contributed by atoms with Gasteiger partial charge >= 0.3 is 0 Å². The minimum atomic E-state index is 0.176. The van der Waals surface area contributed by atoms with Crippen LogP contribution >= 0.6 is 0 Å². The normalized spacial score (nSPS) is 18.2. The molecule has 0 amide bonds. The Balaban J connectivity index is 2.44. The minimum Gasteiger partial charge on any atom is -0.395 e. The number of hydrogen-bond donors (Lipinski definition) is 2. The number of hydrogen-bond acceptors (Lipinski definition) is 3. The molecule has 1 rings (SSSR count). The van der Waals surface area contributed by atoms with E-state index in [1.54, 1.807) is 0 Å². The molecule has 1 aliphatic rings. The van der Waals surface area contributed by atoms with Gasteiger partial charge in [-0.25, -0.2) is 0 Å². The summed E-state index contributed by atoms with van der Waals surface area (Å²) in [4.78, 5) is 2.48. The molecule has 108 valence electrons. The number of nitrogens with one attached hydrogen (secondary N) is 1. The van der Waals surface area contributed by atoms with Gasteiger partial charge in [-0.05, 0) is 39.0 Å². The smallest absolute Gasteiger partial charge is 0.0558 e. The van der Waals surface area contributed by atoms with Crippen LogP contribution in [-0.2, 0) is 0 Å². The van der Waals surface area contributed by atoms with E-state index >= 15 is 0 Å². The van der Waals surface area contributed by atoms with Gasteiger partial charge in [0.1, 0.15) is 0 Å². The van der Waals surface area contributed by atoms with E-state index in [-0.39, 0.29) is 17.6 Å². The lowest BCUT2D eigenvalue weighted by atomic mass is 9.86. The molecular weight excluding hydrogens is 224 g/mol. The maximum Gasteiger partial charge on any atom is 0.0558 e. The van der Waals surface area contributed by atoms with Crippen molar-refractivity contribution < 1.29 is 5.11 Å². The summed E-state index contributed by atoms with van der Waals surface area (Å²) < 4.78 is 0. The topological polar surface area (TPSA) is 35.5 Å². The van der Waals surface area contributed by atoms with Crippen molar-refractivity contribution in [2.24, 2.45) is 5.41 Å².